The highest BCUT2D eigenvalue weighted by Gasteiger charge is 2.54. The minimum atomic E-state index is -4.55. The maximum atomic E-state index is 14.8. The molecule has 0 aliphatic carbocycles. The van der Waals surface area contributed by atoms with Crippen LogP contribution in [0.5, 0.6) is 11.5 Å². The third kappa shape index (κ3) is 5.31. The third-order valence-corrected chi connectivity index (χ3v) is 6.21. The molecule has 0 bridgehead atoms. The van der Waals surface area contributed by atoms with E-state index in [-0.39, 0.29) is 29.8 Å². The molecule has 2 heterocycles. The number of benzene rings is 2. The first kappa shape index (κ1) is 24.4. The Morgan fingerprint density at radius 3 is 2.12 bits per heavy atom. The Hall–Kier alpha value is -2.77. The van der Waals surface area contributed by atoms with E-state index >= 15 is 0 Å². The Bertz CT molecular complexity index is 1040. The van der Waals surface area contributed by atoms with Crippen molar-refractivity contribution in [3.05, 3.63) is 84.0 Å². The van der Waals surface area contributed by atoms with Crippen LogP contribution >= 0.6 is 0 Å². The van der Waals surface area contributed by atoms with Crippen molar-refractivity contribution in [2.45, 2.75) is 43.6 Å². The molecule has 7 heteroatoms. The lowest BCUT2D eigenvalue weighted by atomic mass is 9.72. The number of hydrogen-bond acceptors (Lipinski definition) is 4. The number of ether oxygens (including phenoxy) is 4. The molecule has 2 fully saturated rings. The first-order valence-corrected chi connectivity index (χ1v) is 11.3. The number of epoxide rings is 2. The van der Waals surface area contributed by atoms with E-state index in [0.29, 0.717) is 55.5 Å². The molecule has 4 rings (SSSR count). The van der Waals surface area contributed by atoms with Crippen molar-refractivity contribution >= 4 is 0 Å². The molecule has 4 nitrogen and oxygen atoms in total. The molecule has 2 aromatic rings. The Kier molecular flexibility index (Phi) is 7.05. The molecule has 2 aromatic carbocycles. The van der Waals surface area contributed by atoms with Gasteiger partial charge in [-0.25, -0.2) is 0 Å². The maximum absolute atomic E-state index is 14.8. The Labute approximate surface area is 198 Å². The molecule has 0 amide bonds. The largest absolute Gasteiger partial charge is 0.491 e. The van der Waals surface area contributed by atoms with Crippen LogP contribution in [0.2, 0.25) is 0 Å². The zero-order valence-corrected chi connectivity index (χ0v) is 19.2. The van der Waals surface area contributed by atoms with Crippen molar-refractivity contribution in [1.29, 1.82) is 0 Å². The van der Waals surface area contributed by atoms with E-state index in [1.807, 2.05) is 0 Å². The van der Waals surface area contributed by atoms with Crippen LogP contribution in [0.25, 0.3) is 0 Å². The van der Waals surface area contributed by atoms with E-state index in [4.69, 9.17) is 18.9 Å². The third-order valence-electron chi connectivity index (χ3n) is 6.21. The van der Waals surface area contributed by atoms with Crippen molar-refractivity contribution in [2.75, 3.05) is 26.4 Å². The second kappa shape index (κ2) is 9.84. The van der Waals surface area contributed by atoms with Crippen LogP contribution < -0.4 is 9.47 Å². The van der Waals surface area contributed by atoms with E-state index in [1.54, 1.807) is 36.4 Å². The van der Waals surface area contributed by atoms with Crippen molar-refractivity contribution < 1.29 is 32.1 Å². The van der Waals surface area contributed by atoms with Crippen molar-refractivity contribution in [3.63, 3.8) is 0 Å². The smallest absolute Gasteiger partial charge is 0.402 e. The van der Waals surface area contributed by atoms with Crippen LogP contribution in [-0.4, -0.2) is 44.8 Å². The molecule has 2 aliphatic heterocycles. The zero-order chi connectivity index (χ0) is 24.3. The molecule has 34 heavy (non-hydrogen) atoms. The van der Waals surface area contributed by atoms with Crippen LogP contribution in [0.15, 0.2) is 61.7 Å². The lowest BCUT2D eigenvalue weighted by molar-refractivity contribution is -0.173. The van der Waals surface area contributed by atoms with E-state index < -0.39 is 11.6 Å². The van der Waals surface area contributed by atoms with E-state index in [9.17, 15) is 13.2 Å². The molecule has 3 atom stereocenters. The van der Waals surface area contributed by atoms with E-state index in [1.165, 1.54) is 19.1 Å². The van der Waals surface area contributed by atoms with Crippen LogP contribution in [0.4, 0.5) is 13.2 Å². The highest BCUT2D eigenvalue weighted by Crippen LogP contribution is 2.48. The normalized spacial score (nSPS) is 20.8. The summed E-state index contributed by atoms with van der Waals surface area (Å²) in [5.74, 6) is 1.06. The first-order valence-electron chi connectivity index (χ1n) is 11.3. The molecule has 2 saturated heterocycles. The highest BCUT2D eigenvalue weighted by molar-refractivity contribution is 5.51. The fourth-order valence-corrected chi connectivity index (χ4v) is 3.99. The summed E-state index contributed by atoms with van der Waals surface area (Å²) < 4.78 is 66.2. The molecule has 0 spiro atoms. The van der Waals surface area contributed by atoms with Gasteiger partial charge in [0.25, 0.3) is 0 Å². The lowest BCUT2D eigenvalue weighted by Crippen LogP contribution is -2.41. The maximum Gasteiger partial charge on any atom is 0.402 e. The average Bonchev–Trinajstić information content (AvgIpc) is 3.71. The molecule has 182 valence electrons. The molecule has 3 unspecified atom stereocenters. The molecule has 0 radical (unpaired) electrons. The molecular formula is C27H29F3O4. The van der Waals surface area contributed by atoms with Gasteiger partial charge in [0.15, 0.2) is 0 Å². The Morgan fingerprint density at radius 1 is 0.912 bits per heavy atom. The summed E-state index contributed by atoms with van der Waals surface area (Å²) >= 11 is 0. The minimum Gasteiger partial charge on any atom is -0.491 e. The first-order chi connectivity index (χ1) is 16.3. The SMILES string of the molecule is C=CCc1cc(C(C)(c2ccc(OCC3CO3)cc2CC=C)C(F)(F)F)ccc1OCC1CO1. The molecule has 2 aliphatic rings. The fraction of sp³-hybridized carbons (Fsp3) is 0.407. The van der Waals surface area contributed by atoms with Gasteiger partial charge in [0.2, 0.25) is 0 Å². The van der Waals surface area contributed by atoms with Gasteiger partial charge >= 0.3 is 6.18 Å². The van der Waals surface area contributed by atoms with Crippen LogP contribution in [-0.2, 0) is 27.7 Å². The number of allylic oxidation sites excluding steroid dienone is 2. The van der Waals surface area contributed by atoms with Gasteiger partial charge in [-0.1, -0.05) is 30.4 Å². The van der Waals surface area contributed by atoms with Gasteiger partial charge in [-0.05, 0) is 60.2 Å². The van der Waals surface area contributed by atoms with Gasteiger partial charge in [-0.15, -0.1) is 13.2 Å². The topological polar surface area (TPSA) is 43.5 Å². The number of alkyl halides is 3. The monoisotopic (exact) mass is 474 g/mol. The average molecular weight is 475 g/mol. The van der Waals surface area contributed by atoms with Crippen LogP contribution in [0.1, 0.15) is 29.2 Å². The van der Waals surface area contributed by atoms with Gasteiger partial charge in [0.1, 0.15) is 42.3 Å². The number of rotatable bonds is 12. The standard InChI is InChI=1S/C27H29F3O4/c1-4-6-18-13-21(31-14-22-15-32-22)9-10-24(18)26(3,27(28,29)30)20-8-11-25(19(12-20)7-5-2)34-17-23-16-33-23/h4-5,8-13,22-23H,1-2,6-7,14-17H2,3H3. The zero-order valence-electron chi connectivity index (χ0n) is 19.2. The summed E-state index contributed by atoms with van der Waals surface area (Å²) in [6.07, 6.45) is -0.530. The second-order valence-corrected chi connectivity index (χ2v) is 8.78. The summed E-state index contributed by atoms with van der Waals surface area (Å²) in [5, 5.41) is 0. The van der Waals surface area contributed by atoms with Gasteiger partial charge < -0.3 is 18.9 Å². The highest BCUT2D eigenvalue weighted by atomic mass is 19.4. The van der Waals surface area contributed by atoms with Gasteiger partial charge in [0.05, 0.1) is 13.2 Å². The Balaban J connectivity index is 1.74. The van der Waals surface area contributed by atoms with Gasteiger partial charge in [0, 0.05) is 0 Å². The molecular weight excluding hydrogens is 445 g/mol. The fourth-order valence-electron chi connectivity index (χ4n) is 3.99. The Morgan fingerprint density at radius 2 is 1.53 bits per heavy atom. The van der Waals surface area contributed by atoms with Crippen molar-refractivity contribution in [1.82, 2.24) is 0 Å². The van der Waals surface area contributed by atoms with Crippen LogP contribution in [0.3, 0.4) is 0 Å². The summed E-state index contributed by atoms with van der Waals surface area (Å²) in [6.45, 7) is 10.7. The van der Waals surface area contributed by atoms with Crippen molar-refractivity contribution in [3.8, 4) is 11.5 Å². The lowest BCUT2D eigenvalue weighted by Gasteiger charge is -2.35. The molecule has 0 saturated carbocycles. The minimum absolute atomic E-state index is 0.0466. The second-order valence-electron chi connectivity index (χ2n) is 8.78. The quantitative estimate of drug-likeness (QED) is 0.298. The van der Waals surface area contributed by atoms with Crippen molar-refractivity contribution in [2.24, 2.45) is 0 Å². The number of halogens is 3. The predicted molar refractivity (Wildman–Crippen MR) is 124 cm³/mol. The summed E-state index contributed by atoms with van der Waals surface area (Å²) in [5.41, 5.74) is -0.784. The number of hydrogen-bond donors (Lipinski definition) is 0. The van der Waals surface area contributed by atoms with Gasteiger partial charge in [-0.3, -0.25) is 0 Å². The van der Waals surface area contributed by atoms with Crippen LogP contribution in [0, 0.1) is 0 Å². The summed E-state index contributed by atoms with van der Waals surface area (Å²) in [4.78, 5) is 0. The summed E-state index contributed by atoms with van der Waals surface area (Å²) in [7, 11) is 0. The summed E-state index contributed by atoms with van der Waals surface area (Å²) in [6, 6.07) is 9.45. The van der Waals surface area contributed by atoms with Gasteiger partial charge in [-0.2, -0.15) is 13.2 Å². The molecule has 0 aromatic heterocycles. The predicted octanol–water partition coefficient (Wildman–Crippen LogP) is 5.57. The molecule has 0 N–H and O–H groups in total. The van der Waals surface area contributed by atoms with E-state index in [0.717, 1.165) is 0 Å². The van der Waals surface area contributed by atoms with E-state index in [2.05, 4.69) is 13.2 Å².